The van der Waals surface area contributed by atoms with Gasteiger partial charge in [0.2, 0.25) is 0 Å². The molecule has 0 aliphatic carbocycles. The van der Waals surface area contributed by atoms with E-state index in [1.54, 1.807) is 0 Å². The molecule has 128 valence electrons. The number of ether oxygens (including phenoxy) is 1. The first-order chi connectivity index (χ1) is 12.2. The van der Waals surface area contributed by atoms with Gasteiger partial charge in [-0.05, 0) is 26.0 Å². The molecule has 0 radical (unpaired) electrons. The molecule has 2 aromatic carbocycles. The number of carbonyl (C=O) groups is 1. The lowest BCUT2D eigenvalue weighted by Gasteiger charge is -2.19. The number of hydrogen-bond donors (Lipinski definition) is 0. The summed E-state index contributed by atoms with van der Waals surface area (Å²) in [4.78, 5) is 19.8. The van der Waals surface area contributed by atoms with Crippen LogP contribution in [0.3, 0.4) is 0 Å². The molecule has 25 heavy (non-hydrogen) atoms. The van der Waals surface area contributed by atoms with Crippen molar-refractivity contribution in [2.45, 2.75) is 13.8 Å². The Morgan fingerprint density at radius 1 is 1.04 bits per heavy atom. The van der Waals surface area contributed by atoms with E-state index in [2.05, 4.69) is 11.8 Å². The van der Waals surface area contributed by atoms with E-state index >= 15 is 0 Å². The van der Waals surface area contributed by atoms with Crippen molar-refractivity contribution in [3.05, 3.63) is 65.5 Å². The number of anilines is 2. The third-order valence-corrected chi connectivity index (χ3v) is 4.80. The molecule has 3 aromatic rings. The first kappa shape index (κ1) is 17.2. The summed E-state index contributed by atoms with van der Waals surface area (Å²) in [5, 5.41) is 0.788. The van der Waals surface area contributed by atoms with Crippen molar-refractivity contribution in [1.29, 1.82) is 0 Å². The molecule has 0 bridgehead atoms. The zero-order valence-electron chi connectivity index (χ0n) is 14.3. The third-order valence-electron chi connectivity index (χ3n) is 3.74. The number of esters is 1. The van der Waals surface area contributed by atoms with Crippen LogP contribution in [0.15, 0.2) is 60.7 Å². The summed E-state index contributed by atoms with van der Waals surface area (Å²) in [5.41, 5.74) is 2.64. The summed E-state index contributed by atoms with van der Waals surface area (Å²) in [7, 11) is 0. The van der Waals surface area contributed by atoms with Crippen LogP contribution >= 0.6 is 11.3 Å². The molecular formula is C20H20N2O2S. The molecule has 1 heterocycles. The van der Waals surface area contributed by atoms with Crippen LogP contribution in [-0.4, -0.2) is 24.1 Å². The maximum absolute atomic E-state index is 12.4. The SMILES string of the molecule is CCOC(=O)c1sc(N(CC)c2ccccc2)nc1-c1ccccc1. The van der Waals surface area contributed by atoms with Crippen molar-refractivity contribution in [2.75, 3.05) is 18.1 Å². The first-order valence-electron chi connectivity index (χ1n) is 8.30. The average Bonchev–Trinajstić information content (AvgIpc) is 3.09. The molecule has 0 atom stereocenters. The van der Waals surface area contributed by atoms with E-state index in [0.717, 1.165) is 22.9 Å². The van der Waals surface area contributed by atoms with Gasteiger partial charge in [0, 0.05) is 17.8 Å². The summed E-state index contributed by atoms with van der Waals surface area (Å²) in [6.45, 7) is 4.98. The molecule has 0 fully saturated rings. The van der Waals surface area contributed by atoms with Crippen molar-refractivity contribution < 1.29 is 9.53 Å². The number of nitrogens with zero attached hydrogens (tertiary/aromatic N) is 2. The third kappa shape index (κ3) is 3.72. The number of thiazole rings is 1. The van der Waals surface area contributed by atoms with Crippen LogP contribution in [0.5, 0.6) is 0 Å². The summed E-state index contributed by atoms with van der Waals surface area (Å²) >= 11 is 1.37. The quantitative estimate of drug-likeness (QED) is 0.576. The molecule has 3 rings (SSSR count). The largest absolute Gasteiger partial charge is 0.462 e. The fraction of sp³-hybridized carbons (Fsp3) is 0.200. The Bertz CT molecular complexity index is 831. The van der Waals surface area contributed by atoms with Gasteiger partial charge in [0.25, 0.3) is 0 Å². The molecule has 0 saturated carbocycles. The van der Waals surface area contributed by atoms with Crippen molar-refractivity contribution in [1.82, 2.24) is 4.98 Å². The average molecular weight is 352 g/mol. The number of benzene rings is 2. The van der Waals surface area contributed by atoms with Crippen LogP contribution in [0, 0.1) is 0 Å². The van der Waals surface area contributed by atoms with Crippen LogP contribution in [0.4, 0.5) is 10.8 Å². The second kappa shape index (κ2) is 7.94. The van der Waals surface area contributed by atoms with Gasteiger partial charge in [-0.2, -0.15) is 0 Å². The molecule has 0 spiro atoms. The number of hydrogen-bond acceptors (Lipinski definition) is 5. The van der Waals surface area contributed by atoms with Crippen LogP contribution in [0.25, 0.3) is 11.3 Å². The van der Waals surface area contributed by atoms with E-state index in [1.807, 2.05) is 67.6 Å². The predicted octanol–water partition coefficient (Wildman–Crippen LogP) is 5.14. The van der Waals surface area contributed by atoms with E-state index in [-0.39, 0.29) is 5.97 Å². The van der Waals surface area contributed by atoms with Crippen LogP contribution in [0.1, 0.15) is 23.5 Å². The molecule has 4 nitrogen and oxygen atoms in total. The Balaban J connectivity index is 2.08. The normalized spacial score (nSPS) is 10.5. The molecule has 0 unspecified atom stereocenters. The molecule has 5 heteroatoms. The molecule has 0 saturated heterocycles. The number of rotatable bonds is 6. The Morgan fingerprint density at radius 2 is 1.68 bits per heavy atom. The highest BCUT2D eigenvalue weighted by Crippen LogP contribution is 2.36. The molecule has 0 amide bonds. The van der Waals surface area contributed by atoms with E-state index in [4.69, 9.17) is 9.72 Å². The fourth-order valence-corrected chi connectivity index (χ4v) is 3.65. The molecular weight excluding hydrogens is 332 g/mol. The fourth-order valence-electron chi connectivity index (χ4n) is 2.59. The van der Waals surface area contributed by atoms with Gasteiger partial charge in [-0.3, -0.25) is 0 Å². The topological polar surface area (TPSA) is 42.4 Å². The first-order valence-corrected chi connectivity index (χ1v) is 9.12. The van der Waals surface area contributed by atoms with Gasteiger partial charge in [0.1, 0.15) is 4.88 Å². The summed E-state index contributed by atoms with van der Waals surface area (Å²) < 4.78 is 5.24. The summed E-state index contributed by atoms with van der Waals surface area (Å²) in [6.07, 6.45) is 0. The highest BCUT2D eigenvalue weighted by molar-refractivity contribution is 7.18. The van der Waals surface area contributed by atoms with Crippen LogP contribution < -0.4 is 4.90 Å². The van der Waals surface area contributed by atoms with Crippen molar-refractivity contribution in [3.8, 4) is 11.3 Å². The van der Waals surface area contributed by atoms with Gasteiger partial charge in [-0.25, -0.2) is 9.78 Å². The van der Waals surface area contributed by atoms with Gasteiger partial charge < -0.3 is 9.64 Å². The molecule has 0 aliphatic heterocycles. The Morgan fingerprint density at radius 3 is 2.28 bits per heavy atom. The summed E-state index contributed by atoms with van der Waals surface area (Å²) in [6, 6.07) is 19.8. The smallest absolute Gasteiger partial charge is 0.350 e. The Labute approximate surface area is 151 Å². The second-order valence-corrected chi connectivity index (χ2v) is 6.32. The lowest BCUT2D eigenvalue weighted by molar-refractivity contribution is 0.0532. The standard InChI is InChI=1S/C20H20N2O2S/c1-3-22(16-13-9-6-10-14-16)20-21-17(15-11-7-5-8-12-15)18(25-20)19(23)24-4-2/h5-14H,3-4H2,1-2H3. The highest BCUT2D eigenvalue weighted by Gasteiger charge is 2.23. The zero-order valence-corrected chi connectivity index (χ0v) is 15.1. The monoisotopic (exact) mass is 352 g/mol. The lowest BCUT2D eigenvalue weighted by Crippen LogP contribution is -2.15. The van der Waals surface area contributed by atoms with Gasteiger partial charge in [-0.15, -0.1) is 0 Å². The maximum Gasteiger partial charge on any atom is 0.350 e. The summed E-state index contributed by atoms with van der Waals surface area (Å²) in [5.74, 6) is -0.325. The van der Waals surface area contributed by atoms with Crippen LogP contribution in [-0.2, 0) is 4.74 Å². The number of aromatic nitrogens is 1. The van der Waals surface area contributed by atoms with Crippen molar-refractivity contribution in [2.24, 2.45) is 0 Å². The van der Waals surface area contributed by atoms with E-state index in [0.29, 0.717) is 17.2 Å². The maximum atomic E-state index is 12.4. The lowest BCUT2D eigenvalue weighted by atomic mass is 10.1. The number of para-hydroxylation sites is 1. The highest BCUT2D eigenvalue weighted by atomic mass is 32.1. The Kier molecular flexibility index (Phi) is 5.46. The molecule has 0 N–H and O–H groups in total. The molecule has 0 aliphatic rings. The van der Waals surface area contributed by atoms with Crippen LogP contribution in [0.2, 0.25) is 0 Å². The van der Waals surface area contributed by atoms with Gasteiger partial charge in [-0.1, -0.05) is 59.9 Å². The van der Waals surface area contributed by atoms with E-state index in [9.17, 15) is 4.79 Å². The minimum Gasteiger partial charge on any atom is -0.462 e. The minimum absolute atomic E-state index is 0.325. The van der Waals surface area contributed by atoms with Crippen molar-refractivity contribution >= 4 is 28.1 Å². The van der Waals surface area contributed by atoms with E-state index in [1.165, 1.54) is 11.3 Å². The molecule has 1 aromatic heterocycles. The Hall–Kier alpha value is -2.66. The van der Waals surface area contributed by atoms with E-state index < -0.39 is 0 Å². The zero-order chi connectivity index (χ0) is 17.6. The minimum atomic E-state index is -0.325. The van der Waals surface area contributed by atoms with Gasteiger partial charge in [0.15, 0.2) is 5.13 Å². The van der Waals surface area contributed by atoms with Gasteiger partial charge in [0.05, 0.1) is 12.3 Å². The number of carbonyl (C=O) groups excluding carboxylic acids is 1. The van der Waals surface area contributed by atoms with Gasteiger partial charge >= 0.3 is 5.97 Å². The predicted molar refractivity (Wildman–Crippen MR) is 103 cm³/mol. The van der Waals surface area contributed by atoms with Crippen molar-refractivity contribution in [3.63, 3.8) is 0 Å². The second-order valence-electron chi connectivity index (χ2n) is 5.34.